The molecule has 0 bridgehead atoms. The zero-order valence-corrected chi connectivity index (χ0v) is 21.7. The van der Waals surface area contributed by atoms with Gasteiger partial charge in [-0.1, -0.05) is 6.07 Å². The number of unbranched alkanes of at least 4 members (excludes halogenated alkanes) is 1. The topological polar surface area (TPSA) is 94.6 Å². The first kappa shape index (κ1) is 28.8. The second-order valence-electron chi connectivity index (χ2n) is 10.3. The number of carboxylic acids is 1. The Hall–Kier alpha value is -3.21. The number of anilines is 1. The zero-order chi connectivity index (χ0) is 28.0. The molecule has 1 aromatic heterocycles. The number of hydrogen-bond donors (Lipinski definition) is 3. The zero-order valence-electron chi connectivity index (χ0n) is 21.7. The first-order chi connectivity index (χ1) is 18.6. The molecule has 4 rings (SSSR count). The minimum Gasteiger partial charge on any atom is -0.480 e. The van der Waals surface area contributed by atoms with Gasteiger partial charge in [-0.25, -0.2) is 14.2 Å². The van der Waals surface area contributed by atoms with Crippen molar-refractivity contribution >= 4 is 17.7 Å². The van der Waals surface area contributed by atoms with Crippen molar-refractivity contribution in [2.24, 2.45) is 0 Å². The molecule has 0 radical (unpaired) electrons. The van der Waals surface area contributed by atoms with Crippen LogP contribution in [0.2, 0.25) is 0 Å². The van der Waals surface area contributed by atoms with Gasteiger partial charge in [-0.15, -0.1) is 0 Å². The SMILES string of the molecule is O=C(Cc1cc(F)cc(C(F)(F)F)c1)NC(CCN(CCCCc1ccc2c(n1)NCCC2)C1CC1)C(=O)O. The molecule has 2 heterocycles. The standard InChI is InChI=1S/C28H34F4N4O3/c29-21-15-18(14-20(17-21)28(30,31)32)16-25(37)35-24(27(38)39)10-13-36(23-8-9-23)12-2-1-5-22-7-6-19-4-3-11-33-26(19)34-22/h6-7,14-15,17,23-24H,1-5,8-13,16H2,(H,33,34)(H,35,37)(H,38,39). The third-order valence-corrected chi connectivity index (χ3v) is 7.13. The summed E-state index contributed by atoms with van der Waals surface area (Å²) in [6, 6.07) is 5.33. The fourth-order valence-corrected chi connectivity index (χ4v) is 4.94. The molecule has 2 aliphatic rings. The first-order valence-corrected chi connectivity index (χ1v) is 13.4. The molecule has 0 spiro atoms. The van der Waals surface area contributed by atoms with Crippen molar-refractivity contribution in [1.29, 1.82) is 0 Å². The molecule has 1 aromatic carbocycles. The molecule has 7 nitrogen and oxygen atoms in total. The van der Waals surface area contributed by atoms with Gasteiger partial charge in [0, 0.05) is 24.8 Å². The molecule has 1 saturated carbocycles. The summed E-state index contributed by atoms with van der Waals surface area (Å²) in [5.41, 5.74) is 0.939. The normalized spacial score (nSPS) is 15.9. The van der Waals surface area contributed by atoms with E-state index < -0.39 is 41.9 Å². The number of pyridine rings is 1. The fourth-order valence-electron chi connectivity index (χ4n) is 4.94. The fraction of sp³-hybridized carbons (Fsp3) is 0.536. The summed E-state index contributed by atoms with van der Waals surface area (Å²) >= 11 is 0. The molecule has 0 saturated heterocycles. The maximum Gasteiger partial charge on any atom is 0.416 e. The Kier molecular flexibility index (Phi) is 9.42. The van der Waals surface area contributed by atoms with E-state index in [9.17, 15) is 32.3 Å². The summed E-state index contributed by atoms with van der Waals surface area (Å²) < 4.78 is 52.5. The summed E-state index contributed by atoms with van der Waals surface area (Å²) in [4.78, 5) is 31.2. The lowest BCUT2D eigenvalue weighted by Gasteiger charge is -2.24. The maximum absolute atomic E-state index is 13.6. The molecule has 11 heteroatoms. The van der Waals surface area contributed by atoms with Crippen molar-refractivity contribution in [3.63, 3.8) is 0 Å². The number of halogens is 4. The average Bonchev–Trinajstić information content (AvgIpc) is 3.72. The van der Waals surface area contributed by atoms with E-state index in [0.717, 1.165) is 75.6 Å². The molecule has 1 atom stereocenters. The largest absolute Gasteiger partial charge is 0.480 e. The molecule has 2 aromatic rings. The van der Waals surface area contributed by atoms with Gasteiger partial charge in [0.05, 0.1) is 12.0 Å². The van der Waals surface area contributed by atoms with Gasteiger partial charge in [0.15, 0.2) is 0 Å². The van der Waals surface area contributed by atoms with Crippen molar-refractivity contribution in [3.8, 4) is 0 Å². The van der Waals surface area contributed by atoms with Crippen molar-refractivity contribution < 1.29 is 32.3 Å². The predicted molar refractivity (Wildman–Crippen MR) is 138 cm³/mol. The lowest BCUT2D eigenvalue weighted by Crippen LogP contribution is -2.44. The number of carboxylic acid groups (broad SMARTS) is 1. The number of aliphatic carboxylic acids is 1. The van der Waals surface area contributed by atoms with Crippen molar-refractivity contribution in [2.45, 2.75) is 76.0 Å². The minimum absolute atomic E-state index is 0.159. The quantitative estimate of drug-likeness (QED) is 0.250. The van der Waals surface area contributed by atoms with Crippen LogP contribution in [0.1, 0.15) is 60.9 Å². The minimum atomic E-state index is -4.75. The van der Waals surface area contributed by atoms with Crippen LogP contribution in [0.5, 0.6) is 0 Å². The molecule has 3 N–H and O–H groups in total. The Bertz CT molecular complexity index is 1170. The molecule has 212 valence electrons. The average molecular weight is 551 g/mol. The number of aryl methyl sites for hydroxylation is 2. The van der Waals surface area contributed by atoms with Gasteiger partial charge in [-0.3, -0.25) is 4.79 Å². The number of nitrogens with one attached hydrogen (secondary N) is 2. The van der Waals surface area contributed by atoms with E-state index in [1.807, 2.05) is 0 Å². The number of amides is 1. The third kappa shape index (κ3) is 8.64. The Morgan fingerprint density at radius 2 is 1.95 bits per heavy atom. The lowest BCUT2D eigenvalue weighted by molar-refractivity contribution is -0.142. The number of nitrogens with zero attached hydrogens (tertiary/aromatic N) is 2. The molecule has 1 fully saturated rings. The summed E-state index contributed by atoms with van der Waals surface area (Å²) in [7, 11) is 0. The van der Waals surface area contributed by atoms with Crippen LogP contribution in [0.3, 0.4) is 0 Å². The Labute approximate surface area is 225 Å². The van der Waals surface area contributed by atoms with Gasteiger partial charge in [-0.05, 0) is 93.3 Å². The van der Waals surface area contributed by atoms with Crippen molar-refractivity contribution in [3.05, 3.63) is 58.5 Å². The summed E-state index contributed by atoms with van der Waals surface area (Å²) in [6.07, 6.45) is 1.84. The number of rotatable bonds is 13. The monoisotopic (exact) mass is 550 g/mol. The summed E-state index contributed by atoms with van der Waals surface area (Å²) in [5, 5.41) is 15.4. The molecule has 39 heavy (non-hydrogen) atoms. The lowest BCUT2D eigenvalue weighted by atomic mass is 10.1. The van der Waals surface area contributed by atoms with E-state index in [2.05, 4.69) is 27.7 Å². The van der Waals surface area contributed by atoms with E-state index in [1.54, 1.807) is 0 Å². The molecule has 1 aliphatic carbocycles. The number of fused-ring (bicyclic) bond motifs is 1. The van der Waals surface area contributed by atoms with Crippen LogP contribution in [0.25, 0.3) is 0 Å². The molecule has 1 amide bonds. The maximum atomic E-state index is 13.6. The summed E-state index contributed by atoms with van der Waals surface area (Å²) in [5.74, 6) is -2.12. The molecular formula is C28H34F4N4O3. The van der Waals surface area contributed by atoms with Gasteiger partial charge in [-0.2, -0.15) is 13.2 Å². The van der Waals surface area contributed by atoms with Crippen LogP contribution in [0.4, 0.5) is 23.4 Å². The number of hydrogen-bond acceptors (Lipinski definition) is 5. The van der Waals surface area contributed by atoms with Gasteiger partial charge >= 0.3 is 12.1 Å². The van der Waals surface area contributed by atoms with Crippen LogP contribution in [0, 0.1) is 5.82 Å². The van der Waals surface area contributed by atoms with Gasteiger partial charge in [0.2, 0.25) is 5.91 Å². The Balaban J connectivity index is 1.24. The van der Waals surface area contributed by atoms with Crippen LogP contribution in [-0.4, -0.2) is 58.6 Å². The molecule has 1 aliphatic heterocycles. The highest BCUT2D eigenvalue weighted by atomic mass is 19.4. The van der Waals surface area contributed by atoms with E-state index in [0.29, 0.717) is 24.7 Å². The van der Waals surface area contributed by atoms with Crippen molar-refractivity contribution in [2.75, 3.05) is 25.0 Å². The highest BCUT2D eigenvalue weighted by molar-refractivity contribution is 5.84. The first-order valence-electron chi connectivity index (χ1n) is 13.4. The number of aromatic nitrogens is 1. The van der Waals surface area contributed by atoms with Gasteiger partial charge in [0.1, 0.15) is 17.7 Å². The van der Waals surface area contributed by atoms with E-state index in [-0.39, 0.29) is 12.0 Å². The third-order valence-electron chi connectivity index (χ3n) is 7.13. The number of carbonyl (C=O) groups excluding carboxylic acids is 1. The van der Waals surface area contributed by atoms with Crippen molar-refractivity contribution in [1.82, 2.24) is 15.2 Å². The van der Waals surface area contributed by atoms with Crippen LogP contribution in [0.15, 0.2) is 30.3 Å². The van der Waals surface area contributed by atoms with Crippen LogP contribution >= 0.6 is 0 Å². The predicted octanol–water partition coefficient (Wildman–Crippen LogP) is 4.59. The smallest absolute Gasteiger partial charge is 0.416 e. The number of alkyl halides is 3. The van der Waals surface area contributed by atoms with Gasteiger partial charge < -0.3 is 20.6 Å². The second-order valence-corrected chi connectivity index (χ2v) is 10.3. The number of benzene rings is 1. The Morgan fingerprint density at radius 1 is 1.15 bits per heavy atom. The van der Waals surface area contributed by atoms with Gasteiger partial charge in [0.25, 0.3) is 0 Å². The number of carbonyl (C=O) groups is 2. The Morgan fingerprint density at radius 3 is 2.67 bits per heavy atom. The second kappa shape index (κ2) is 12.8. The summed E-state index contributed by atoms with van der Waals surface area (Å²) in [6.45, 7) is 2.22. The van der Waals surface area contributed by atoms with E-state index in [1.165, 1.54) is 5.56 Å². The van der Waals surface area contributed by atoms with E-state index >= 15 is 0 Å². The van der Waals surface area contributed by atoms with Crippen LogP contribution < -0.4 is 10.6 Å². The highest BCUT2D eigenvalue weighted by Crippen LogP contribution is 2.31. The van der Waals surface area contributed by atoms with Crippen LogP contribution in [-0.2, 0) is 35.0 Å². The molecule has 1 unspecified atom stereocenters. The highest BCUT2D eigenvalue weighted by Gasteiger charge is 2.32. The molecular weight excluding hydrogens is 516 g/mol. The van der Waals surface area contributed by atoms with E-state index in [4.69, 9.17) is 4.98 Å².